The zero-order chi connectivity index (χ0) is 9.42. The molecule has 0 amide bonds. The lowest BCUT2D eigenvalue weighted by molar-refractivity contribution is 0.629. The van der Waals surface area contributed by atoms with Gasteiger partial charge in [-0.25, -0.2) is 4.39 Å². The predicted molar refractivity (Wildman–Crippen MR) is 56.6 cm³/mol. The molecule has 2 rings (SSSR count). The molecule has 2 aromatic rings. The first kappa shape index (κ1) is 8.97. The number of hydrogen-bond acceptors (Lipinski definition) is 0. The maximum absolute atomic E-state index is 13.1. The van der Waals surface area contributed by atoms with E-state index in [1.54, 1.807) is 0 Å². The standard InChI is InChI=1S/C10H5BrClF/c11-9-7-4-2-1-3-6(7)5-8(13)10(9)12/h1-5H. The van der Waals surface area contributed by atoms with Crippen LogP contribution in [0.25, 0.3) is 10.8 Å². The van der Waals surface area contributed by atoms with Gasteiger partial charge in [-0.1, -0.05) is 35.9 Å². The van der Waals surface area contributed by atoms with Crippen molar-refractivity contribution in [2.75, 3.05) is 0 Å². The molecular formula is C10H5BrClF. The van der Waals surface area contributed by atoms with Gasteiger partial charge in [0.25, 0.3) is 0 Å². The van der Waals surface area contributed by atoms with Crippen molar-refractivity contribution in [1.82, 2.24) is 0 Å². The lowest BCUT2D eigenvalue weighted by Gasteiger charge is -2.03. The lowest BCUT2D eigenvalue weighted by atomic mass is 10.1. The topological polar surface area (TPSA) is 0 Å². The van der Waals surface area contributed by atoms with Crippen LogP contribution in [-0.2, 0) is 0 Å². The first-order valence-corrected chi connectivity index (χ1v) is 4.89. The molecule has 0 aromatic heterocycles. The van der Waals surface area contributed by atoms with E-state index in [0.717, 1.165) is 10.8 Å². The third-order valence-corrected chi connectivity index (χ3v) is 3.30. The Morgan fingerprint density at radius 2 is 1.92 bits per heavy atom. The number of hydrogen-bond donors (Lipinski definition) is 0. The summed E-state index contributed by atoms with van der Waals surface area (Å²) in [7, 11) is 0. The largest absolute Gasteiger partial charge is 0.205 e. The fourth-order valence-electron chi connectivity index (χ4n) is 1.25. The van der Waals surface area contributed by atoms with Gasteiger partial charge < -0.3 is 0 Å². The van der Waals surface area contributed by atoms with Crippen LogP contribution in [0.1, 0.15) is 0 Å². The van der Waals surface area contributed by atoms with Gasteiger partial charge in [0.15, 0.2) is 0 Å². The van der Waals surface area contributed by atoms with Crippen molar-refractivity contribution >= 4 is 38.3 Å². The van der Waals surface area contributed by atoms with E-state index in [1.807, 2.05) is 24.3 Å². The van der Waals surface area contributed by atoms with E-state index in [1.165, 1.54) is 6.07 Å². The van der Waals surface area contributed by atoms with Crippen molar-refractivity contribution in [3.05, 3.63) is 45.6 Å². The molecule has 0 aliphatic carbocycles. The van der Waals surface area contributed by atoms with E-state index in [-0.39, 0.29) is 5.02 Å². The molecule has 0 radical (unpaired) electrons. The smallest absolute Gasteiger partial charge is 0.143 e. The maximum atomic E-state index is 13.1. The van der Waals surface area contributed by atoms with Gasteiger partial charge in [-0.3, -0.25) is 0 Å². The number of halogens is 3. The summed E-state index contributed by atoms with van der Waals surface area (Å²) in [5, 5.41) is 1.91. The Morgan fingerprint density at radius 1 is 1.23 bits per heavy atom. The van der Waals surface area contributed by atoms with Crippen molar-refractivity contribution < 1.29 is 4.39 Å². The normalized spacial score (nSPS) is 10.7. The highest BCUT2D eigenvalue weighted by molar-refractivity contribution is 9.10. The SMILES string of the molecule is Fc1cc2ccccc2c(Br)c1Cl. The fraction of sp³-hybridized carbons (Fsp3) is 0. The van der Waals surface area contributed by atoms with Crippen molar-refractivity contribution in [2.45, 2.75) is 0 Å². The molecule has 0 N–H and O–H groups in total. The van der Waals surface area contributed by atoms with Crippen molar-refractivity contribution in [2.24, 2.45) is 0 Å². The van der Waals surface area contributed by atoms with Gasteiger partial charge in [0.2, 0.25) is 0 Å². The predicted octanol–water partition coefficient (Wildman–Crippen LogP) is 4.39. The molecule has 0 fully saturated rings. The van der Waals surface area contributed by atoms with Gasteiger partial charge in [-0.05, 0) is 32.8 Å². The summed E-state index contributed by atoms with van der Waals surface area (Å²) < 4.78 is 13.8. The second kappa shape index (κ2) is 3.28. The summed E-state index contributed by atoms with van der Waals surface area (Å²) >= 11 is 8.99. The molecule has 0 aliphatic heterocycles. The Labute approximate surface area is 88.4 Å². The molecule has 0 spiro atoms. The average molecular weight is 260 g/mol. The third-order valence-electron chi connectivity index (χ3n) is 1.88. The third kappa shape index (κ3) is 1.45. The van der Waals surface area contributed by atoms with Gasteiger partial charge in [0.1, 0.15) is 5.82 Å². The maximum Gasteiger partial charge on any atom is 0.143 e. The van der Waals surface area contributed by atoms with Crippen molar-refractivity contribution in [3.63, 3.8) is 0 Å². The molecule has 0 nitrogen and oxygen atoms in total. The molecule has 13 heavy (non-hydrogen) atoms. The summed E-state index contributed by atoms with van der Waals surface area (Å²) in [5.74, 6) is -0.396. The van der Waals surface area contributed by atoms with Crippen LogP contribution in [0.2, 0.25) is 5.02 Å². The van der Waals surface area contributed by atoms with Gasteiger partial charge in [-0.15, -0.1) is 0 Å². The molecule has 0 saturated carbocycles. The van der Waals surface area contributed by atoms with E-state index in [0.29, 0.717) is 4.47 Å². The number of benzene rings is 2. The zero-order valence-electron chi connectivity index (χ0n) is 6.52. The first-order valence-electron chi connectivity index (χ1n) is 3.72. The second-order valence-electron chi connectivity index (χ2n) is 2.71. The molecule has 0 unspecified atom stereocenters. The van der Waals surface area contributed by atoms with Gasteiger partial charge in [0.05, 0.1) is 5.02 Å². The van der Waals surface area contributed by atoms with Crippen LogP contribution in [0.4, 0.5) is 4.39 Å². The van der Waals surface area contributed by atoms with E-state index in [2.05, 4.69) is 15.9 Å². The zero-order valence-corrected chi connectivity index (χ0v) is 8.86. The summed E-state index contributed by atoms with van der Waals surface area (Å²) in [6.07, 6.45) is 0. The molecule has 0 aliphatic rings. The van der Waals surface area contributed by atoms with E-state index in [4.69, 9.17) is 11.6 Å². The van der Waals surface area contributed by atoms with Crippen LogP contribution >= 0.6 is 27.5 Å². The molecule has 0 heterocycles. The van der Waals surface area contributed by atoms with Crippen molar-refractivity contribution in [1.29, 1.82) is 0 Å². The van der Waals surface area contributed by atoms with E-state index < -0.39 is 5.82 Å². The Kier molecular flexibility index (Phi) is 2.26. The number of fused-ring (bicyclic) bond motifs is 1. The summed E-state index contributed by atoms with van der Waals surface area (Å²) in [6.45, 7) is 0. The van der Waals surface area contributed by atoms with Crippen LogP contribution in [-0.4, -0.2) is 0 Å². The van der Waals surface area contributed by atoms with Crippen LogP contribution in [0.5, 0.6) is 0 Å². The number of rotatable bonds is 0. The minimum Gasteiger partial charge on any atom is -0.205 e. The van der Waals surface area contributed by atoms with Crippen LogP contribution < -0.4 is 0 Å². The average Bonchev–Trinajstić information content (AvgIpc) is 2.15. The van der Waals surface area contributed by atoms with Gasteiger partial charge in [0, 0.05) is 4.47 Å². The quantitative estimate of drug-likeness (QED) is 0.615. The van der Waals surface area contributed by atoms with Crippen molar-refractivity contribution in [3.8, 4) is 0 Å². The monoisotopic (exact) mass is 258 g/mol. The molecule has 3 heteroatoms. The highest BCUT2D eigenvalue weighted by Crippen LogP contribution is 2.33. The highest BCUT2D eigenvalue weighted by Gasteiger charge is 2.08. The minimum atomic E-state index is -0.396. The molecule has 0 bridgehead atoms. The van der Waals surface area contributed by atoms with Crippen LogP contribution in [0.3, 0.4) is 0 Å². The first-order chi connectivity index (χ1) is 6.20. The second-order valence-corrected chi connectivity index (χ2v) is 3.88. The van der Waals surface area contributed by atoms with E-state index >= 15 is 0 Å². The minimum absolute atomic E-state index is 0.138. The molecule has 66 valence electrons. The summed E-state index contributed by atoms with van der Waals surface area (Å²) in [5.41, 5.74) is 0. The molecular weight excluding hydrogens is 254 g/mol. The van der Waals surface area contributed by atoms with Gasteiger partial charge in [-0.2, -0.15) is 0 Å². The summed E-state index contributed by atoms with van der Waals surface area (Å²) in [6, 6.07) is 8.93. The Hall–Kier alpha value is -0.600. The summed E-state index contributed by atoms with van der Waals surface area (Å²) in [4.78, 5) is 0. The van der Waals surface area contributed by atoms with Crippen LogP contribution in [0, 0.1) is 5.82 Å². The Morgan fingerprint density at radius 3 is 2.69 bits per heavy atom. The molecule has 2 aromatic carbocycles. The van der Waals surface area contributed by atoms with Gasteiger partial charge >= 0.3 is 0 Å². The van der Waals surface area contributed by atoms with Crippen LogP contribution in [0.15, 0.2) is 34.8 Å². The van der Waals surface area contributed by atoms with E-state index in [9.17, 15) is 4.39 Å². The molecule has 0 atom stereocenters. The Bertz CT molecular complexity index is 468. The molecule has 0 saturated heterocycles. The fourth-order valence-corrected chi connectivity index (χ4v) is 1.95. The highest BCUT2D eigenvalue weighted by atomic mass is 79.9. The lowest BCUT2D eigenvalue weighted by Crippen LogP contribution is -1.81. The Balaban J connectivity index is 2.94.